The molecule has 1 saturated heterocycles. The van der Waals surface area contributed by atoms with Crippen molar-refractivity contribution in [1.82, 2.24) is 4.90 Å². The Morgan fingerprint density at radius 3 is 2.85 bits per heavy atom. The van der Waals surface area contributed by atoms with E-state index in [-0.39, 0.29) is 5.91 Å². The molecule has 4 nitrogen and oxygen atoms in total. The summed E-state index contributed by atoms with van der Waals surface area (Å²) in [4.78, 5) is 14.4. The molecule has 1 heterocycles. The fraction of sp³-hybridized carbons (Fsp3) is 0.562. The highest BCUT2D eigenvalue weighted by molar-refractivity contribution is 5.93. The van der Waals surface area contributed by atoms with Crippen molar-refractivity contribution < 1.29 is 4.79 Å². The zero-order valence-electron chi connectivity index (χ0n) is 12.4. The number of benzene rings is 1. The first kappa shape index (κ1) is 14.9. The number of likely N-dealkylation sites (tertiary alicyclic amines) is 1. The van der Waals surface area contributed by atoms with Crippen LogP contribution in [-0.4, -0.2) is 29.9 Å². The molecule has 110 valence electrons. The van der Waals surface area contributed by atoms with E-state index in [0.29, 0.717) is 23.8 Å². The van der Waals surface area contributed by atoms with Crippen LogP contribution in [0.4, 0.5) is 11.4 Å². The van der Waals surface area contributed by atoms with Crippen LogP contribution in [0.3, 0.4) is 0 Å². The van der Waals surface area contributed by atoms with Crippen LogP contribution in [0.1, 0.15) is 33.1 Å². The molecule has 1 amide bonds. The first-order chi connectivity index (χ1) is 9.56. The maximum Gasteiger partial charge on any atom is 0.225 e. The molecule has 0 saturated carbocycles. The van der Waals surface area contributed by atoms with Crippen LogP contribution >= 0.6 is 0 Å². The fourth-order valence-corrected chi connectivity index (χ4v) is 2.86. The summed E-state index contributed by atoms with van der Waals surface area (Å²) in [5.74, 6) is 0.841. The van der Waals surface area contributed by atoms with Gasteiger partial charge in [0.2, 0.25) is 5.91 Å². The molecule has 1 aliphatic heterocycles. The number of hydrogen-bond acceptors (Lipinski definition) is 3. The van der Waals surface area contributed by atoms with E-state index < -0.39 is 0 Å². The van der Waals surface area contributed by atoms with E-state index in [0.717, 1.165) is 19.0 Å². The Hall–Kier alpha value is -1.55. The number of nitrogen functional groups attached to an aromatic ring is 1. The molecule has 2 rings (SSSR count). The minimum atomic E-state index is 0.0359. The quantitative estimate of drug-likeness (QED) is 0.831. The van der Waals surface area contributed by atoms with E-state index in [4.69, 9.17) is 5.73 Å². The normalized spacial score (nSPS) is 23.5. The Morgan fingerprint density at radius 2 is 2.15 bits per heavy atom. The molecule has 0 radical (unpaired) electrons. The van der Waals surface area contributed by atoms with E-state index in [9.17, 15) is 4.79 Å². The van der Waals surface area contributed by atoms with Crippen molar-refractivity contribution in [2.45, 2.75) is 39.2 Å². The van der Waals surface area contributed by atoms with Gasteiger partial charge in [0.1, 0.15) is 0 Å². The molecule has 1 aromatic carbocycles. The topological polar surface area (TPSA) is 58.4 Å². The molecule has 0 aromatic heterocycles. The van der Waals surface area contributed by atoms with Crippen molar-refractivity contribution in [3.05, 3.63) is 24.3 Å². The molecule has 3 N–H and O–H groups in total. The van der Waals surface area contributed by atoms with E-state index in [1.165, 1.54) is 12.8 Å². The molecule has 0 aliphatic carbocycles. The van der Waals surface area contributed by atoms with Crippen LogP contribution in [-0.2, 0) is 4.79 Å². The molecule has 0 bridgehead atoms. The summed E-state index contributed by atoms with van der Waals surface area (Å²) < 4.78 is 0. The molecule has 4 heteroatoms. The Labute approximate surface area is 121 Å². The molecule has 1 aromatic rings. The van der Waals surface area contributed by atoms with Gasteiger partial charge in [-0.25, -0.2) is 0 Å². The first-order valence-electron chi connectivity index (χ1n) is 7.44. The zero-order chi connectivity index (χ0) is 14.5. The predicted molar refractivity (Wildman–Crippen MR) is 83.5 cm³/mol. The highest BCUT2D eigenvalue weighted by atomic mass is 16.1. The summed E-state index contributed by atoms with van der Waals surface area (Å²) in [6.07, 6.45) is 2.98. The van der Waals surface area contributed by atoms with Crippen molar-refractivity contribution in [3.8, 4) is 0 Å². The molecule has 0 spiro atoms. The van der Waals surface area contributed by atoms with Crippen molar-refractivity contribution in [1.29, 1.82) is 0 Å². The van der Waals surface area contributed by atoms with Crippen molar-refractivity contribution in [3.63, 3.8) is 0 Å². The fourth-order valence-electron chi connectivity index (χ4n) is 2.86. The number of hydrogen-bond donors (Lipinski definition) is 2. The monoisotopic (exact) mass is 275 g/mol. The number of piperidine rings is 1. The van der Waals surface area contributed by atoms with Crippen LogP contribution in [0.2, 0.25) is 0 Å². The van der Waals surface area contributed by atoms with Crippen LogP contribution in [0.5, 0.6) is 0 Å². The van der Waals surface area contributed by atoms with E-state index in [1.54, 1.807) is 6.07 Å². The largest absolute Gasteiger partial charge is 0.397 e. The molecule has 20 heavy (non-hydrogen) atoms. The SMILES string of the molecule is CC1CCN(CCC(=O)Nc2ccccc2N)C(C)C1. The highest BCUT2D eigenvalue weighted by Crippen LogP contribution is 2.22. The Balaban J connectivity index is 1.79. The number of nitrogens with zero attached hydrogens (tertiary/aromatic N) is 1. The van der Waals surface area contributed by atoms with Crippen molar-refractivity contribution >= 4 is 17.3 Å². The summed E-state index contributed by atoms with van der Waals surface area (Å²) in [6.45, 7) is 6.48. The average Bonchev–Trinajstić information content (AvgIpc) is 2.40. The van der Waals surface area contributed by atoms with E-state index in [1.807, 2.05) is 18.2 Å². The third kappa shape index (κ3) is 3.97. The second kappa shape index (κ2) is 6.75. The first-order valence-corrected chi connectivity index (χ1v) is 7.44. The van der Waals surface area contributed by atoms with Gasteiger partial charge in [0.15, 0.2) is 0 Å². The van der Waals surface area contributed by atoms with Crippen molar-refractivity contribution in [2.24, 2.45) is 5.92 Å². The maximum atomic E-state index is 12.0. The van der Waals surface area contributed by atoms with Crippen LogP contribution < -0.4 is 11.1 Å². The van der Waals surface area contributed by atoms with Crippen LogP contribution in [0.25, 0.3) is 0 Å². The molecule has 2 atom stereocenters. The van der Waals surface area contributed by atoms with Gasteiger partial charge >= 0.3 is 0 Å². The molecular formula is C16H25N3O. The average molecular weight is 275 g/mol. The lowest BCUT2D eigenvalue weighted by molar-refractivity contribution is -0.116. The summed E-state index contributed by atoms with van der Waals surface area (Å²) in [5, 5.41) is 2.88. The number of carbonyl (C=O) groups is 1. The summed E-state index contributed by atoms with van der Waals surface area (Å²) in [5.41, 5.74) is 7.14. The minimum Gasteiger partial charge on any atom is -0.397 e. The summed E-state index contributed by atoms with van der Waals surface area (Å²) in [7, 11) is 0. The Kier molecular flexibility index (Phi) is 5.01. The van der Waals surface area contributed by atoms with Gasteiger partial charge in [-0.2, -0.15) is 0 Å². The lowest BCUT2D eigenvalue weighted by atomic mass is 9.93. The van der Waals surface area contributed by atoms with Gasteiger partial charge in [0.05, 0.1) is 11.4 Å². The lowest BCUT2D eigenvalue weighted by Crippen LogP contribution is -2.41. The van der Waals surface area contributed by atoms with Gasteiger partial charge in [-0.05, 0) is 44.4 Å². The van der Waals surface area contributed by atoms with Gasteiger partial charge in [-0.1, -0.05) is 19.1 Å². The van der Waals surface area contributed by atoms with Gasteiger partial charge in [0.25, 0.3) is 0 Å². The number of para-hydroxylation sites is 2. The third-order valence-electron chi connectivity index (χ3n) is 4.14. The number of carbonyl (C=O) groups excluding carboxylic acids is 1. The number of anilines is 2. The van der Waals surface area contributed by atoms with Gasteiger partial charge in [0, 0.05) is 19.0 Å². The molecule has 1 fully saturated rings. The molecule has 2 unspecified atom stereocenters. The Morgan fingerprint density at radius 1 is 1.40 bits per heavy atom. The van der Waals surface area contributed by atoms with Crippen LogP contribution in [0, 0.1) is 5.92 Å². The van der Waals surface area contributed by atoms with E-state index in [2.05, 4.69) is 24.1 Å². The number of nitrogens with one attached hydrogen (secondary N) is 1. The van der Waals surface area contributed by atoms with Gasteiger partial charge < -0.3 is 16.0 Å². The second-order valence-corrected chi connectivity index (χ2v) is 5.90. The number of amides is 1. The van der Waals surface area contributed by atoms with E-state index >= 15 is 0 Å². The highest BCUT2D eigenvalue weighted by Gasteiger charge is 2.22. The number of nitrogens with two attached hydrogens (primary N) is 1. The van der Waals surface area contributed by atoms with Crippen LogP contribution in [0.15, 0.2) is 24.3 Å². The van der Waals surface area contributed by atoms with Gasteiger partial charge in [-0.3, -0.25) is 4.79 Å². The minimum absolute atomic E-state index is 0.0359. The third-order valence-corrected chi connectivity index (χ3v) is 4.14. The zero-order valence-corrected chi connectivity index (χ0v) is 12.4. The summed E-state index contributed by atoms with van der Waals surface area (Å²) >= 11 is 0. The summed E-state index contributed by atoms with van der Waals surface area (Å²) in [6, 6.07) is 7.94. The number of rotatable bonds is 4. The molecular weight excluding hydrogens is 250 g/mol. The lowest BCUT2D eigenvalue weighted by Gasteiger charge is -2.36. The second-order valence-electron chi connectivity index (χ2n) is 5.90. The molecule has 1 aliphatic rings. The maximum absolute atomic E-state index is 12.0. The van der Waals surface area contributed by atoms with Gasteiger partial charge in [-0.15, -0.1) is 0 Å². The predicted octanol–water partition coefficient (Wildman–Crippen LogP) is 2.72. The Bertz CT molecular complexity index is 461. The smallest absolute Gasteiger partial charge is 0.225 e. The van der Waals surface area contributed by atoms with Crippen molar-refractivity contribution in [2.75, 3.05) is 24.1 Å². The standard InChI is InChI=1S/C16H25N3O/c1-12-7-9-19(13(2)11-12)10-8-16(20)18-15-6-4-3-5-14(15)17/h3-6,12-13H,7-11,17H2,1-2H3,(H,18,20).